The molecule has 0 saturated heterocycles. The Labute approximate surface area is 119 Å². The average molecular weight is 300 g/mol. The van der Waals surface area contributed by atoms with Crippen molar-refractivity contribution in [3.8, 4) is 0 Å². The molecule has 0 aliphatic rings. The van der Waals surface area contributed by atoms with Crippen LogP contribution >= 0.6 is 0 Å². The van der Waals surface area contributed by atoms with Gasteiger partial charge in [-0.05, 0) is 31.5 Å². The number of methoxy groups -OCH3 is 1. The molecule has 1 rings (SSSR count). The Bertz CT molecular complexity index is 570. The molecule has 6 nitrogen and oxygen atoms in total. The maximum atomic E-state index is 12.1. The Balaban J connectivity index is 3.02. The molecule has 0 fully saturated rings. The molecule has 7 heteroatoms. The fourth-order valence-electron chi connectivity index (χ4n) is 1.63. The number of aryl methyl sites for hydroxylation is 1. The van der Waals surface area contributed by atoms with Crippen LogP contribution < -0.4 is 10.0 Å². The molecule has 0 atom stereocenters. The number of nitrogens with one attached hydrogen (secondary N) is 2. The second-order valence-electron chi connectivity index (χ2n) is 4.23. The number of benzene rings is 1. The third-order valence-corrected chi connectivity index (χ3v) is 4.16. The molecule has 0 bridgehead atoms. The molecule has 0 radical (unpaired) electrons. The number of carbonyl (C=O) groups excluding carboxylic acids is 1. The van der Waals surface area contributed by atoms with E-state index in [1.54, 1.807) is 19.9 Å². The highest BCUT2D eigenvalue weighted by Gasteiger charge is 2.17. The summed E-state index contributed by atoms with van der Waals surface area (Å²) in [6.45, 7) is 4.53. The van der Waals surface area contributed by atoms with Gasteiger partial charge in [0.15, 0.2) is 0 Å². The zero-order chi connectivity index (χ0) is 15.2. The molecule has 0 aromatic heterocycles. The maximum absolute atomic E-state index is 12.1. The van der Waals surface area contributed by atoms with Gasteiger partial charge < -0.3 is 10.1 Å². The highest BCUT2D eigenvalue weighted by Crippen LogP contribution is 2.15. The van der Waals surface area contributed by atoms with Gasteiger partial charge in [-0.25, -0.2) is 13.1 Å². The molecule has 0 spiro atoms. The number of hydrogen-bond acceptors (Lipinski definition) is 4. The zero-order valence-electron chi connectivity index (χ0n) is 11.9. The Morgan fingerprint density at radius 1 is 1.35 bits per heavy atom. The highest BCUT2D eigenvalue weighted by atomic mass is 32.2. The second kappa shape index (κ2) is 7.37. The van der Waals surface area contributed by atoms with Gasteiger partial charge in [-0.15, -0.1) is 0 Å². The Kier molecular flexibility index (Phi) is 6.12. The van der Waals surface area contributed by atoms with Crippen molar-refractivity contribution in [2.75, 3.05) is 26.8 Å². The molecule has 20 heavy (non-hydrogen) atoms. The maximum Gasteiger partial charge on any atom is 0.251 e. The molecule has 0 aliphatic heterocycles. The van der Waals surface area contributed by atoms with Crippen LogP contribution in [0, 0.1) is 6.92 Å². The Morgan fingerprint density at radius 2 is 2.05 bits per heavy atom. The smallest absolute Gasteiger partial charge is 0.251 e. The number of carbonyl (C=O) groups is 1. The molecule has 112 valence electrons. The summed E-state index contributed by atoms with van der Waals surface area (Å²) in [6, 6.07) is 4.48. The molecular weight excluding hydrogens is 280 g/mol. The minimum absolute atomic E-state index is 0.0699. The third kappa shape index (κ3) is 4.29. The molecule has 0 aliphatic carbocycles. The number of ether oxygens (including phenoxy) is 1. The van der Waals surface area contributed by atoms with E-state index in [2.05, 4.69) is 10.0 Å². The first kappa shape index (κ1) is 16.6. The summed E-state index contributed by atoms with van der Waals surface area (Å²) >= 11 is 0. The monoisotopic (exact) mass is 300 g/mol. The molecule has 0 unspecified atom stereocenters. The predicted octanol–water partition coefficient (Wildman–Crippen LogP) is 0.669. The van der Waals surface area contributed by atoms with Gasteiger partial charge in [0.2, 0.25) is 10.0 Å². The predicted molar refractivity (Wildman–Crippen MR) is 76.3 cm³/mol. The number of amides is 1. The Hall–Kier alpha value is -1.44. The summed E-state index contributed by atoms with van der Waals surface area (Å²) in [7, 11) is -2.14. The van der Waals surface area contributed by atoms with Crippen LogP contribution in [0.4, 0.5) is 0 Å². The van der Waals surface area contributed by atoms with Crippen LogP contribution in [0.1, 0.15) is 22.8 Å². The lowest BCUT2D eigenvalue weighted by Gasteiger charge is -2.10. The second-order valence-corrected chi connectivity index (χ2v) is 5.99. The summed E-state index contributed by atoms with van der Waals surface area (Å²) in [6.07, 6.45) is 0. The van der Waals surface area contributed by atoms with Gasteiger partial charge in [0, 0.05) is 25.8 Å². The van der Waals surface area contributed by atoms with E-state index in [9.17, 15) is 13.2 Å². The molecule has 0 saturated carbocycles. The van der Waals surface area contributed by atoms with Crippen molar-refractivity contribution in [3.05, 3.63) is 29.3 Å². The quantitative estimate of drug-likeness (QED) is 0.725. The fraction of sp³-hybridized carbons (Fsp3) is 0.462. The number of sulfonamides is 1. The van der Waals surface area contributed by atoms with Crippen LogP contribution in [-0.4, -0.2) is 41.1 Å². The van der Waals surface area contributed by atoms with Crippen molar-refractivity contribution in [1.82, 2.24) is 10.0 Å². The van der Waals surface area contributed by atoms with E-state index in [0.717, 1.165) is 5.56 Å². The highest BCUT2D eigenvalue weighted by molar-refractivity contribution is 7.89. The lowest BCUT2D eigenvalue weighted by Crippen LogP contribution is -2.28. The van der Waals surface area contributed by atoms with Crippen molar-refractivity contribution in [1.29, 1.82) is 0 Å². The number of hydrogen-bond donors (Lipinski definition) is 2. The van der Waals surface area contributed by atoms with Gasteiger partial charge >= 0.3 is 0 Å². The van der Waals surface area contributed by atoms with Gasteiger partial charge in [0.05, 0.1) is 11.5 Å². The van der Waals surface area contributed by atoms with E-state index in [4.69, 9.17) is 4.74 Å². The molecule has 1 amide bonds. The van der Waals surface area contributed by atoms with Crippen LogP contribution in [0.5, 0.6) is 0 Å². The van der Waals surface area contributed by atoms with Crippen molar-refractivity contribution in [2.45, 2.75) is 18.7 Å². The van der Waals surface area contributed by atoms with Gasteiger partial charge in [0.1, 0.15) is 0 Å². The average Bonchev–Trinajstić information content (AvgIpc) is 2.39. The van der Waals surface area contributed by atoms with Crippen LogP contribution in [0.2, 0.25) is 0 Å². The van der Waals surface area contributed by atoms with Gasteiger partial charge in [-0.2, -0.15) is 0 Å². The third-order valence-electron chi connectivity index (χ3n) is 2.70. The van der Waals surface area contributed by atoms with Crippen LogP contribution in [0.3, 0.4) is 0 Å². The summed E-state index contributed by atoms with van der Waals surface area (Å²) in [5, 5.41) is 2.66. The van der Waals surface area contributed by atoms with Gasteiger partial charge in [0.25, 0.3) is 5.91 Å². The SMILES string of the molecule is CCNC(=O)c1cc(S(=O)(=O)NCCOC)ccc1C. The lowest BCUT2D eigenvalue weighted by atomic mass is 10.1. The molecule has 0 heterocycles. The van der Waals surface area contributed by atoms with E-state index in [1.807, 2.05) is 0 Å². The van der Waals surface area contributed by atoms with Crippen molar-refractivity contribution >= 4 is 15.9 Å². The standard InChI is InChI=1S/C13H20N2O4S/c1-4-14-13(16)12-9-11(6-5-10(12)2)20(17,18)15-7-8-19-3/h5-6,9,15H,4,7-8H2,1-3H3,(H,14,16). The largest absolute Gasteiger partial charge is 0.383 e. The minimum atomic E-state index is -3.63. The van der Waals surface area contributed by atoms with Crippen molar-refractivity contribution < 1.29 is 17.9 Å². The zero-order valence-corrected chi connectivity index (χ0v) is 12.7. The molecular formula is C13H20N2O4S. The van der Waals surface area contributed by atoms with Crippen LogP contribution in [-0.2, 0) is 14.8 Å². The van der Waals surface area contributed by atoms with Gasteiger partial charge in [-0.3, -0.25) is 4.79 Å². The van der Waals surface area contributed by atoms with E-state index in [1.165, 1.54) is 19.2 Å². The van der Waals surface area contributed by atoms with Crippen LogP contribution in [0.25, 0.3) is 0 Å². The normalized spacial score (nSPS) is 11.3. The fourth-order valence-corrected chi connectivity index (χ4v) is 2.67. The first-order valence-corrected chi connectivity index (χ1v) is 7.78. The summed E-state index contributed by atoms with van der Waals surface area (Å²) in [5.41, 5.74) is 1.09. The topological polar surface area (TPSA) is 84.5 Å². The van der Waals surface area contributed by atoms with E-state index < -0.39 is 10.0 Å². The minimum Gasteiger partial charge on any atom is -0.383 e. The lowest BCUT2D eigenvalue weighted by molar-refractivity contribution is 0.0955. The summed E-state index contributed by atoms with van der Waals surface area (Å²) in [5.74, 6) is -0.279. The first-order valence-electron chi connectivity index (χ1n) is 6.29. The van der Waals surface area contributed by atoms with E-state index >= 15 is 0 Å². The number of rotatable bonds is 7. The van der Waals surface area contributed by atoms with Gasteiger partial charge in [-0.1, -0.05) is 6.07 Å². The molecule has 1 aromatic rings. The Morgan fingerprint density at radius 3 is 2.65 bits per heavy atom. The summed E-state index contributed by atoms with van der Waals surface area (Å²) < 4.78 is 31.3. The van der Waals surface area contributed by atoms with Crippen molar-refractivity contribution in [3.63, 3.8) is 0 Å². The molecule has 2 N–H and O–H groups in total. The van der Waals surface area contributed by atoms with E-state index in [0.29, 0.717) is 12.1 Å². The molecule has 1 aromatic carbocycles. The first-order chi connectivity index (χ1) is 9.42. The van der Waals surface area contributed by atoms with Crippen LogP contribution in [0.15, 0.2) is 23.1 Å². The summed E-state index contributed by atoms with van der Waals surface area (Å²) in [4.78, 5) is 11.9. The van der Waals surface area contributed by atoms with Crippen molar-refractivity contribution in [2.24, 2.45) is 0 Å². The van der Waals surface area contributed by atoms with E-state index in [-0.39, 0.29) is 24.0 Å².